The Morgan fingerprint density at radius 1 is 0.923 bits per heavy atom. The lowest BCUT2D eigenvalue weighted by Gasteiger charge is -2.20. The molecule has 278 valence electrons. The van der Waals surface area contributed by atoms with Crippen molar-refractivity contribution in [3.63, 3.8) is 0 Å². The van der Waals surface area contributed by atoms with Crippen LogP contribution in [0.2, 0.25) is 0 Å². The van der Waals surface area contributed by atoms with Gasteiger partial charge in [0.2, 0.25) is 0 Å². The molecule has 0 amide bonds. The van der Waals surface area contributed by atoms with Crippen LogP contribution in [0.3, 0.4) is 0 Å². The molecule has 1 unspecified atom stereocenters. The van der Waals surface area contributed by atoms with Crippen LogP contribution in [0.1, 0.15) is 42.4 Å². The third kappa shape index (κ3) is 10.2. The highest BCUT2D eigenvalue weighted by molar-refractivity contribution is 5.93. The number of alkyl halides is 6. The average Bonchev–Trinajstić information content (AvgIpc) is 3.56. The molecule has 2 heterocycles. The molecule has 11 nitrogen and oxygen atoms in total. The summed E-state index contributed by atoms with van der Waals surface area (Å²) >= 11 is 0. The number of H-pyrrole nitrogens is 1. The van der Waals surface area contributed by atoms with Gasteiger partial charge in [0.1, 0.15) is 17.4 Å². The lowest BCUT2D eigenvalue weighted by atomic mass is 9.90. The number of aromatic nitrogens is 3. The van der Waals surface area contributed by atoms with Gasteiger partial charge in [-0.15, -0.1) is 0 Å². The SMILES string of the molecule is CCOc1cc(CC)cc(C(c2cc3cc(N)ccc3c(N)n2)c2ncc(-c3cccc(OC)c3)[nH]2)c1F.O=C(O)C(F)(F)F.O=C(O)C(F)(F)F. The lowest BCUT2D eigenvalue weighted by Crippen LogP contribution is -2.21. The average molecular weight is 740 g/mol. The van der Waals surface area contributed by atoms with E-state index in [9.17, 15) is 26.3 Å². The largest absolute Gasteiger partial charge is 0.497 e. The van der Waals surface area contributed by atoms with Crippen molar-refractivity contribution in [1.82, 2.24) is 15.0 Å². The maximum Gasteiger partial charge on any atom is 0.490 e. The number of carbonyl (C=O) groups is 2. The fraction of sp³-hybridized carbons (Fsp3) is 0.235. The minimum Gasteiger partial charge on any atom is -0.497 e. The molecule has 0 aliphatic rings. The van der Waals surface area contributed by atoms with E-state index in [-0.39, 0.29) is 5.75 Å². The molecule has 0 spiro atoms. The topological polar surface area (TPSA) is 187 Å². The number of aryl methyl sites for hydroxylation is 1. The number of nitrogen functional groups attached to an aromatic ring is 2. The van der Waals surface area contributed by atoms with Crippen molar-refractivity contribution < 1.29 is 60.0 Å². The van der Waals surface area contributed by atoms with Gasteiger partial charge in [-0.05, 0) is 66.8 Å². The number of nitrogens with zero attached hydrogens (tertiary/aromatic N) is 2. The summed E-state index contributed by atoms with van der Waals surface area (Å²) in [5.74, 6) is -4.88. The number of aliphatic carboxylic acids is 2. The smallest absolute Gasteiger partial charge is 0.490 e. The van der Waals surface area contributed by atoms with Crippen molar-refractivity contribution in [1.29, 1.82) is 0 Å². The van der Waals surface area contributed by atoms with Gasteiger partial charge >= 0.3 is 24.3 Å². The number of imidazole rings is 1. The summed E-state index contributed by atoms with van der Waals surface area (Å²) in [5.41, 5.74) is 16.6. The lowest BCUT2D eigenvalue weighted by molar-refractivity contribution is -0.193. The van der Waals surface area contributed by atoms with Crippen LogP contribution in [0.25, 0.3) is 22.0 Å². The van der Waals surface area contributed by atoms with Crippen molar-refractivity contribution in [2.24, 2.45) is 0 Å². The molecule has 3 aromatic carbocycles. The molecule has 0 saturated heterocycles. The predicted octanol–water partition coefficient (Wildman–Crippen LogP) is 7.34. The number of hydrogen-bond donors (Lipinski definition) is 5. The summed E-state index contributed by atoms with van der Waals surface area (Å²) in [6, 6.07) is 18.6. The Balaban J connectivity index is 0.000000441. The quantitative estimate of drug-likeness (QED) is 0.0796. The number of halogens is 7. The summed E-state index contributed by atoms with van der Waals surface area (Å²) in [4.78, 5) is 30.6. The normalized spacial score (nSPS) is 11.8. The number of aromatic amines is 1. The molecular formula is C34H32F7N5O6. The molecule has 52 heavy (non-hydrogen) atoms. The van der Waals surface area contributed by atoms with Crippen molar-refractivity contribution >= 4 is 34.2 Å². The Kier molecular flexibility index (Phi) is 13.0. The molecule has 0 radical (unpaired) electrons. The van der Waals surface area contributed by atoms with Gasteiger partial charge < -0.3 is 36.1 Å². The minimum atomic E-state index is -5.08. The zero-order chi connectivity index (χ0) is 39.0. The van der Waals surface area contributed by atoms with Gasteiger partial charge in [0.15, 0.2) is 11.6 Å². The molecule has 5 rings (SSSR count). The van der Waals surface area contributed by atoms with Crippen molar-refractivity contribution in [3.8, 4) is 22.8 Å². The summed E-state index contributed by atoms with van der Waals surface area (Å²) in [6.07, 6.45) is -7.73. The van der Waals surface area contributed by atoms with Crippen molar-refractivity contribution in [3.05, 3.63) is 95.3 Å². The number of ether oxygens (including phenoxy) is 2. The van der Waals surface area contributed by atoms with Gasteiger partial charge in [0.05, 0.1) is 37.2 Å². The summed E-state index contributed by atoms with van der Waals surface area (Å²) in [5, 5.41) is 15.8. The number of hydrogen-bond acceptors (Lipinski definition) is 8. The predicted molar refractivity (Wildman–Crippen MR) is 176 cm³/mol. The fourth-order valence-corrected chi connectivity index (χ4v) is 4.69. The third-order valence-electron chi connectivity index (χ3n) is 7.08. The van der Waals surface area contributed by atoms with E-state index in [1.165, 1.54) is 0 Å². The van der Waals surface area contributed by atoms with Crippen LogP contribution in [-0.4, -0.2) is 63.2 Å². The molecule has 0 saturated carbocycles. The molecule has 2 aromatic heterocycles. The summed E-state index contributed by atoms with van der Waals surface area (Å²) in [7, 11) is 1.62. The molecule has 7 N–H and O–H groups in total. The number of fused-ring (bicyclic) bond motifs is 1. The number of carboxylic acids is 2. The molecule has 0 aliphatic heterocycles. The van der Waals surface area contributed by atoms with Crippen LogP contribution in [0.4, 0.5) is 42.2 Å². The van der Waals surface area contributed by atoms with E-state index in [0.29, 0.717) is 41.6 Å². The monoisotopic (exact) mass is 739 g/mol. The molecule has 0 aliphatic carbocycles. The first-order valence-electron chi connectivity index (χ1n) is 15.0. The van der Waals surface area contributed by atoms with E-state index in [4.69, 9.17) is 50.7 Å². The zero-order valence-electron chi connectivity index (χ0n) is 27.6. The molecule has 1 atom stereocenters. The Hall–Kier alpha value is -6.07. The maximum absolute atomic E-state index is 16.0. The number of pyridine rings is 1. The number of nitrogens with one attached hydrogen (secondary N) is 1. The van der Waals surface area contributed by atoms with Gasteiger partial charge in [-0.3, -0.25) is 0 Å². The van der Waals surface area contributed by atoms with E-state index >= 15 is 4.39 Å². The number of benzene rings is 3. The third-order valence-corrected chi connectivity index (χ3v) is 7.08. The number of anilines is 2. The van der Waals surface area contributed by atoms with Crippen molar-refractivity contribution in [2.75, 3.05) is 25.2 Å². The van der Waals surface area contributed by atoms with Gasteiger partial charge in [-0.25, -0.2) is 23.9 Å². The van der Waals surface area contributed by atoms with Crippen LogP contribution in [-0.2, 0) is 16.0 Å². The van der Waals surface area contributed by atoms with Crippen LogP contribution >= 0.6 is 0 Å². The van der Waals surface area contributed by atoms with Gasteiger partial charge in [-0.2, -0.15) is 26.3 Å². The Morgan fingerprint density at radius 3 is 2.12 bits per heavy atom. The van der Waals surface area contributed by atoms with E-state index in [1.807, 2.05) is 62.4 Å². The Labute approximate surface area is 291 Å². The standard InChI is InChI=1S/C30H30FN5O2.2C2HF3O2/c1-4-17-11-23(28(31)26(12-17)38-5-2)27(24-15-19-13-20(32)9-10-22(19)29(33)35-24)30-34-16-25(36-30)18-7-6-8-21(14-18)37-3;2*3-2(4,5)1(6)7/h6-16,27H,4-5,32H2,1-3H3,(H2,33,35)(H,34,36);2*(H,6,7). The summed E-state index contributed by atoms with van der Waals surface area (Å²) in [6.45, 7) is 4.19. The maximum atomic E-state index is 16.0. The molecular weight excluding hydrogens is 707 g/mol. The first kappa shape index (κ1) is 40.4. The molecule has 0 bridgehead atoms. The second-order valence-corrected chi connectivity index (χ2v) is 10.6. The zero-order valence-corrected chi connectivity index (χ0v) is 27.6. The van der Waals surface area contributed by atoms with Crippen LogP contribution in [0.15, 0.2) is 66.9 Å². The van der Waals surface area contributed by atoms with E-state index in [2.05, 4.69) is 4.98 Å². The number of nitrogens with two attached hydrogens (primary N) is 2. The first-order valence-corrected chi connectivity index (χ1v) is 15.0. The van der Waals surface area contributed by atoms with Gasteiger partial charge in [-0.1, -0.05) is 25.1 Å². The molecule has 5 aromatic rings. The van der Waals surface area contributed by atoms with Crippen molar-refractivity contribution in [2.45, 2.75) is 38.5 Å². The molecule has 18 heteroatoms. The van der Waals surface area contributed by atoms with Gasteiger partial charge in [0.25, 0.3) is 0 Å². The highest BCUT2D eigenvalue weighted by Crippen LogP contribution is 2.38. The summed E-state index contributed by atoms with van der Waals surface area (Å²) < 4.78 is 90.6. The Morgan fingerprint density at radius 2 is 1.56 bits per heavy atom. The minimum absolute atomic E-state index is 0.199. The van der Waals surface area contributed by atoms with Gasteiger partial charge in [0, 0.05) is 22.2 Å². The second kappa shape index (κ2) is 16.8. The van der Waals surface area contributed by atoms with E-state index in [0.717, 1.165) is 33.3 Å². The number of carboxylic acid groups (broad SMARTS) is 2. The highest BCUT2D eigenvalue weighted by atomic mass is 19.4. The highest BCUT2D eigenvalue weighted by Gasteiger charge is 2.39. The second-order valence-electron chi connectivity index (χ2n) is 10.6. The van der Waals surface area contributed by atoms with E-state index in [1.54, 1.807) is 25.4 Å². The van der Waals surface area contributed by atoms with Crippen LogP contribution in [0, 0.1) is 5.82 Å². The Bertz CT molecular complexity index is 2010. The van der Waals surface area contributed by atoms with Crippen LogP contribution in [0.5, 0.6) is 11.5 Å². The van der Waals surface area contributed by atoms with Crippen LogP contribution < -0.4 is 20.9 Å². The van der Waals surface area contributed by atoms with E-state index < -0.39 is 36.0 Å². The molecule has 0 fully saturated rings. The number of methoxy groups -OCH3 is 1. The number of rotatable bonds is 8. The first-order chi connectivity index (χ1) is 24.3. The fourth-order valence-electron chi connectivity index (χ4n) is 4.69.